The lowest BCUT2D eigenvalue weighted by molar-refractivity contribution is -2.00. The van der Waals surface area contributed by atoms with Gasteiger partial charge in [0.25, 0.3) is 0 Å². The number of hydrogen-bond donors (Lipinski definition) is 0. The maximum absolute atomic E-state index is 8.49. The number of fused-ring (bicyclic) bond motifs is 1. The first kappa shape index (κ1) is 14.3. The Balaban J connectivity index is 0.000000249. The van der Waals surface area contributed by atoms with Crippen molar-refractivity contribution >= 4 is 0 Å². The lowest BCUT2D eigenvalue weighted by Gasteiger charge is -2.17. The lowest BCUT2D eigenvalue weighted by Crippen LogP contribution is -2.68. The summed E-state index contributed by atoms with van der Waals surface area (Å²) < 4.78 is 39.5. The quantitative estimate of drug-likeness (QED) is 0.519. The van der Waals surface area contributed by atoms with E-state index in [1.54, 1.807) is 0 Å². The third-order valence-corrected chi connectivity index (χ3v) is 2.63. The summed E-state index contributed by atoms with van der Waals surface area (Å²) >= 11 is 0. The van der Waals surface area contributed by atoms with Gasteiger partial charge in [0.1, 0.15) is 0 Å². The highest BCUT2D eigenvalue weighted by Crippen LogP contribution is 2.25. The molecule has 96 valence electrons. The molecular weight excluding hydrogens is 248 g/mol. The molecule has 0 N–H and O–H groups in total. The summed E-state index contributed by atoms with van der Waals surface area (Å²) in [5.41, 5.74) is 2.98. The summed E-state index contributed by atoms with van der Waals surface area (Å²) in [5, 5.41) is 0. The van der Waals surface area contributed by atoms with E-state index in [-0.39, 0.29) is 0 Å². The van der Waals surface area contributed by atoms with E-state index in [1.807, 2.05) is 6.92 Å². The van der Waals surface area contributed by atoms with Crippen LogP contribution in [0.15, 0.2) is 10.5 Å². The molecule has 1 aromatic heterocycles. The molecule has 2 rings (SSSR count). The van der Waals surface area contributed by atoms with Gasteiger partial charge in [0.15, 0.2) is 0 Å². The normalized spacial score (nSPS) is 14.7. The largest absolute Gasteiger partial charge is 0.329 e. The zero-order valence-corrected chi connectivity index (χ0v) is 10.6. The van der Waals surface area contributed by atoms with Crippen LogP contribution < -0.4 is 18.6 Å². The van der Waals surface area contributed by atoms with Crippen molar-refractivity contribution in [3.63, 3.8) is 0 Å². The van der Waals surface area contributed by atoms with Crippen LogP contribution >= 0.6 is 0 Å². The minimum Gasteiger partial charge on any atom is -0.222 e. The Hall–Kier alpha value is -0.720. The average molecular weight is 263 g/mol. The number of rotatable bonds is 0. The van der Waals surface area contributed by atoms with E-state index in [9.17, 15) is 0 Å². The molecule has 1 aliphatic carbocycles. The van der Waals surface area contributed by atoms with Crippen molar-refractivity contribution in [2.45, 2.75) is 39.5 Å². The summed E-state index contributed by atoms with van der Waals surface area (Å²) in [6.07, 6.45) is 5.13. The number of halogens is 1. The standard InChI is InChI=1S/C11H15O.ClHO4/c1-8-7-10-5-3-4-6-11(10)9(2)12-8;2-1(3,4)5/h7H,3-6H2,1-2H3;(H,2,3,4,5)/q+1;/p-1. The average Bonchev–Trinajstić information content (AvgIpc) is 2.14. The van der Waals surface area contributed by atoms with Gasteiger partial charge in [0.2, 0.25) is 0 Å². The lowest BCUT2D eigenvalue weighted by atomic mass is 9.91. The monoisotopic (exact) mass is 262 g/mol. The second-order valence-corrected chi connectivity index (χ2v) is 4.76. The fraction of sp³-hybridized carbons (Fsp3) is 0.545. The van der Waals surface area contributed by atoms with Crippen LogP contribution in [0.2, 0.25) is 0 Å². The first-order valence-electron chi connectivity index (χ1n) is 5.31. The van der Waals surface area contributed by atoms with Gasteiger partial charge < -0.3 is 0 Å². The van der Waals surface area contributed by atoms with Gasteiger partial charge in [-0.1, -0.05) is 0 Å². The molecule has 0 atom stereocenters. The summed E-state index contributed by atoms with van der Waals surface area (Å²) in [6, 6.07) is 2.20. The van der Waals surface area contributed by atoms with Crippen LogP contribution in [0.3, 0.4) is 0 Å². The SMILES string of the molecule is Cc1cc2c(c(C)[o+]1)CCCC2.[O-][Cl+3]([O-])([O-])[O-]. The fourth-order valence-corrected chi connectivity index (χ4v) is 2.07. The van der Waals surface area contributed by atoms with E-state index in [2.05, 4.69) is 13.0 Å². The molecule has 5 nitrogen and oxygen atoms in total. The first-order valence-corrected chi connectivity index (χ1v) is 6.54. The highest BCUT2D eigenvalue weighted by molar-refractivity contribution is 5.31. The van der Waals surface area contributed by atoms with Gasteiger partial charge in [-0.2, -0.15) is 0 Å². The van der Waals surface area contributed by atoms with Crippen LogP contribution in [0.1, 0.15) is 35.5 Å². The summed E-state index contributed by atoms with van der Waals surface area (Å²) in [6.45, 7) is 4.11. The van der Waals surface area contributed by atoms with Gasteiger partial charge in [-0.15, -0.1) is 10.2 Å². The first-order chi connectivity index (χ1) is 7.77. The molecule has 0 saturated heterocycles. The van der Waals surface area contributed by atoms with Crippen molar-refractivity contribution in [2.75, 3.05) is 0 Å². The molecule has 0 unspecified atom stereocenters. The summed E-state index contributed by atoms with van der Waals surface area (Å²) in [4.78, 5) is 0. The van der Waals surface area contributed by atoms with Crippen LogP contribution in [0.4, 0.5) is 0 Å². The molecule has 0 fully saturated rings. The van der Waals surface area contributed by atoms with Gasteiger partial charge in [-0.05, 0) is 31.2 Å². The van der Waals surface area contributed by atoms with Gasteiger partial charge >= 0.3 is 11.5 Å². The molecule has 17 heavy (non-hydrogen) atoms. The van der Waals surface area contributed by atoms with Gasteiger partial charge in [0.05, 0.1) is 19.4 Å². The van der Waals surface area contributed by atoms with Crippen molar-refractivity contribution in [1.82, 2.24) is 0 Å². The molecule has 0 aliphatic heterocycles. The van der Waals surface area contributed by atoms with Crippen molar-refractivity contribution in [1.29, 1.82) is 0 Å². The van der Waals surface area contributed by atoms with Crippen LogP contribution in [0.5, 0.6) is 0 Å². The van der Waals surface area contributed by atoms with Gasteiger partial charge in [-0.3, -0.25) is 0 Å². The predicted molar refractivity (Wildman–Crippen MR) is 49.2 cm³/mol. The topological polar surface area (TPSA) is 104 Å². The fourth-order valence-electron chi connectivity index (χ4n) is 2.07. The maximum Gasteiger partial charge on any atom is 0.329 e. The maximum atomic E-state index is 8.49. The molecule has 1 aliphatic rings. The van der Waals surface area contributed by atoms with Crippen LogP contribution in [0.25, 0.3) is 0 Å². The zero-order valence-electron chi connectivity index (χ0n) is 9.82. The van der Waals surface area contributed by atoms with E-state index in [4.69, 9.17) is 23.1 Å². The van der Waals surface area contributed by atoms with Crippen molar-refractivity contribution < 1.29 is 33.3 Å². The third-order valence-electron chi connectivity index (χ3n) is 2.63. The zero-order chi connectivity index (χ0) is 13.1. The Morgan fingerprint density at radius 1 is 1.06 bits per heavy atom. The van der Waals surface area contributed by atoms with Crippen molar-refractivity contribution in [3.8, 4) is 0 Å². The number of aryl methyl sites for hydroxylation is 3. The summed E-state index contributed by atoms with van der Waals surface area (Å²) in [5.74, 6) is 2.18. The Labute approximate surface area is 102 Å². The molecule has 0 radical (unpaired) electrons. The molecule has 0 bridgehead atoms. The molecule has 1 heterocycles. The second-order valence-electron chi connectivity index (χ2n) is 4.00. The minimum absolute atomic E-state index is 1.05. The number of hydrogen-bond acceptors (Lipinski definition) is 4. The molecule has 0 amide bonds. The molecule has 0 saturated carbocycles. The van der Waals surface area contributed by atoms with Crippen LogP contribution in [-0.4, -0.2) is 0 Å². The van der Waals surface area contributed by atoms with Crippen LogP contribution in [0, 0.1) is 24.1 Å². The Morgan fingerprint density at radius 3 is 2.18 bits per heavy atom. The molecule has 1 aromatic rings. The van der Waals surface area contributed by atoms with E-state index in [0.29, 0.717) is 0 Å². The Morgan fingerprint density at radius 2 is 1.59 bits per heavy atom. The van der Waals surface area contributed by atoms with Gasteiger partial charge in [0, 0.05) is 6.07 Å². The van der Waals surface area contributed by atoms with Crippen molar-refractivity contribution in [3.05, 3.63) is 28.7 Å². The highest BCUT2D eigenvalue weighted by atomic mass is 35.7. The third kappa shape index (κ3) is 5.43. The van der Waals surface area contributed by atoms with E-state index < -0.39 is 10.2 Å². The minimum atomic E-state index is -4.94. The van der Waals surface area contributed by atoms with Crippen molar-refractivity contribution in [2.24, 2.45) is 0 Å². The molecule has 0 spiro atoms. The molecule has 0 aromatic carbocycles. The predicted octanol–water partition coefficient (Wildman–Crippen LogP) is -1.70. The smallest absolute Gasteiger partial charge is 0.222 e. The van der Waals surface area contributed by atoms with Crippen LogP contribution in [-0.2, 0) is 12.8 Å². The highest BCUT2D eigenvalue weighted by Gasteiger charge is 2.20. The van der Waals surface area contributed by atoms with E-state index in [1.165, 1.54) is 36.8 Å². The summed E-state index contributed by atoms with van der Waals surface area (Å²) in [7, 11) is -4.94. The van der Waals surface area contributed by atoms with E-state index in [0.717, 1.165) is 11.5 Å². The van der Waals surface area contributed by atoms with E-state index >= 15 is 0 Å². The Bertz CT molecular complexity index is 380. The molecule has 6 heteroatoms. The second kappa shape index (κ2) is 5.75. The van der Waals surface area contributed by atoms with Gasteiger partial charge in [-0.25, -0.2) is 23.1 Å². The molecular formula is C11H15ClO5. The Kier molecular flexibility index (Phi) is 4.85.